The molecule has 1 unspecified atom stereocenters. The fourth-order valence-corrected chi connectivity index (χ4v) is 3.61. The number of rotatable bonds is 3. The van der Waals surface area contributed by atoms with Gasteiger partial charge in [0.15, 0.2) is 0 Å². The highest BCUT2D eigenvalue weighted by atomic mass is 19.1. The molecule has 1 atom stereocenters. The average Bonchev–Trinajstić information content (AvgIpc) is 3.09. The van der Waals surface area contributed by atoms with Crippen LogP contribution in [0.2, 0.25) is 0 Å². The number of benzene rings is 2. The van der Waals surface area contributed by atoms with Crippen molar-refractivity contribution in [3.63, 3.8) is 0 Å². The zero-order valence-electron chi connectivity index (χ0n) is 13.0. The molecule has 4 nitrogen and oxygen atoms in total. The first-order valence-electron chi connectivity index (χ1n) is 8.07. The van der Waals surface area contributed by atoms with Gasteiger partial charge in [0.1, 0.15) is 5.82 Å². The topological polar surface area (TPSA) is 49.4 Å². The summed E-state index contributed by atoms with van der Waals surface area (Å²) in [7, 11) is 0. The highest BCUT2D eigenvalue weighted by molar-refractivity contribution is 6.22. The Labute approximate surface area is 139 Å². The Morgan fingerprint density at radius 2 is 1.54 bits per heavy atom. The first-order valence-corrected chi connectivity index (χ1v) is 8.07. The summed E-state index contributed by atoms with van der Waals surface area (Å²) in [5, 5.41) is 3.29. The summed E-state index contributed by atoms with van der Waals surface area (Å²) in [6.07, 6.45) is 1.75. The number of carbonyl (C=O) groups is 2. The highest BCUT2D eigenvalue weighted by Gasteiger charge is 2.41. The number of hydrogen-bond donors (Lipinski definition) is 1. The molecular formula is C19H17FN2O2. The van der Waals surface area contributed by atoms with Crippen LogP contribution in [0.15, 0.2) is 48.5 Å². The Morgan fingerprint density at radius 1 is 0.917 bits per heavy atom. The molecule has 0 saturated carbocycles. The number of fused-ring (bicyclic) bond motifs is 1. The van der Waals surface area contributed by atoms with E-state index in [2.05, 4.69) is 17.4 Å². The number of imide groups is 1. The molecule has 4 rings (SSSR count). The van der Waals surface area contributed by atoms with E-state index in [0.717, 1.165) is 17.7 Å². The first kappa shape index (κ1) is 15.0. The van der Waals surface area contributed by atoms with Crippen molar-refractivity contribution in [3.8, 4) is 0 Å². The van der Waals surface area contributed by atoms with Crippen molar-refractivity contribution < 1.29 is 14.0 Å². The Kier molecular flexibility index (Phi) is 3.65. The van der Waals surface area contributed by atoms with E-state index in [-0.39, 0.29) is 30.0 Å². The van der Waals surface area contributed by atoms with Crippen LogP contribution in [0.5, 0.6) is 0 Å². The van der Waals surface area contributed by atoms with Crippen LogP contribution in [0.1, 0.15) is 17.5 Å². The van der Waals surface area contributed by atoms with E-state index in [1.165, 1.54) is 29.3 Å². The quantitative estimate of drug-likeness (QED) is 0.881. The molecular weight excluding hydrogens is 307 g/mol. The maximum atomic E-state index is 13.9. The molecule has 1 saturated heterocycles. The summed E-state index contributed by atoms with van der Waals surface area (Å²) >= 11 is 0. The Balaban J connectivity index is 1.50. The van der Waals surface area contributed by atoms with E-state index in [4.69, 9.17) is 0 Å². The fourth-order valence-electron chi connectivity index (χ4n) is 3.61. The van der Waals surface area contributed by atoms with Gasteiger partial charge in [-0.1, -0.05) is 36.4 Å². The summed E-state index contributed by atoms with van der Waals surface area (Å²) in [6.45, 7) is 0. The standard InChI is InChI=1S/C19H17FN2O2/c20-15-7-3-4-8-17(15)22-18(23)11-16(19(22)24)21-14-9-12-5-1-2-6-13(12)10-14/h1-8,14,16,21H,9-11H2. The molecule has 2 aromatic rings. The lowest BCUT2D eigenvalue weighted by Gasteiger charge is -2.18. The van der Waals surface area contributed by atoms with Crippen molar-refractivity contribution in [2.24, 2.45) is 0 Å². The van der Waals surface area contributed by atoms with E-state index in [0.29, 0.717) is 0 Å². The molecule has 2 aromatic carbocycles. The molecule has 2 aliphatic rings. The molecule has 1 aliphatic heterocycles. The number of para-hydroxylation sites is 1. The van der Waals surface area contributed by atoms with E-state index in [9.17, 15) is 14.0 Å². The van der Waals surface area contributed by atoms with Gasteiger partial charge in [-0.3, -0.25) is 9.59 Å². The number of halogens is 1. The van der Waals surface area contributed by atoms with Gasteiger partial charge in [0.05, 0.1) is 18.2 Å². The molecule has 24 heavy (non-hydrogen) atoms. The van der Waals surface area contributed by atoms with Gasteiger partial charge in [0.2, 0.25) is 5.91 Å². The van der Waals surface area contributed by atoms with E-state index >= 15 is 0 Å². The molecule has 0 aromatic heterocycles. The third kappa shape index (κ3) is 2.51. The van der Waals surface area contributed by atoms with Crippen LogP contribution in [-0.4, -0.2) is 23.9 Å². The molecule has 0 spiro atoms. The zero-order chi connectivity index (χ0) is 16.7. The van der Waals surface area contributed by atoms with Gasteiger partial charge in [0, 0.05) is 6.04 Å². The van der Waals surface area contributed by atoms with Crippen LogP contribution in [0.4, 0.5) is 10.1 Å². The maximum Gasteiger partial charge on any atom is 0.251 e. The van der Waals surface area contributed by atoms with Crippen molar-refractivity contribution in [1.29, 1.82) is 0 Å². The molecule has 122 valence electrons. The monoisotopic (exact) mass is 324 g/mol. The second kappa shape index (κ2) is 5.83. The van der Waals surface area contributed by atoms with Gasteiger partial charge in [-0.25, -0.2) is 9.29 Å². The van der Waals surface area contributed by atoms with Crippen LogP contribution in [0.3, 0.4) is 0 Å². The molecule has 0 bridgehead atoms. The minimum Gasteiger partial charge on any atom is -0.302 e. The first-order chi connectivity index (χ1) is 11.6. The van der Waals surface area contributed by atoms with Crippen LogP contribution in [-0.2, 0) is 22.4 Å². The lowest BCUT2D eigenvalue weighted by Crippen LogP contribution is -2.44. The summed E-state index contributed by atoms with van der Waals surface area (Å²) in [5.41, 5.74) is 2.59. The van der Waals surface area contributed by atoms with Crippen molar-refractivity contribution in [3.05, 3.63) is 65.5 Å². The minimum absolute atomic E-state index is 0.0338. The number of nitrogens with one attached hydrogen (secondary N) is 1. The van der Waals surface area contributed by atoms with Crippen molar-refractivity contribution in [2.45, 2.75) is 31.3 Å². The smallest absolute Gasteiger partial charge is 0.251 e. The van der Waals surface area contributed by atoms with Crippen molar-refractivity contribution in [2.75, 3.05) is 4.90 Å². The summed E-state index contributed by atoms with van der Waals surface area (Å²) < 4.78 is 13.9. The lowest BCUT2D eigenvalue weighted by atomic mass is 10.1. The summed E-state index contributed by atoms with van der Waals surface area (Å²) in [4.78, 5) is 25.8. The summed E-state index contributed by atoms with van der Waals surface area (Å²) in [5.74, 6) is -1.30. The maximum absolute atomic E-state index is 13.9. The lowest BCUT2D eigenvalue weighted by molar-refractivity contribution is -0.121. The third-order valence-corrected chi connectivity index (χ3v) is 4.73. The molecule has 1 N–H and O–H groups in total. The molecule has 5 heteroatoms. The number of carbonyl (C=O) groups excluding carboxylic acids is 2. The minimum atomic E-state index is -0.587. The fraction of sp³-hybridized carbons (Fsp3) is 0.263. The van der Waals surface area contributed by atoms with Gasteiger partial charge < -0.3 is 5.32 Å². The van der Waals surface area contributed by atoms with E-state index < -0.39 is 11.9 Å². The summed E-state index contributed by atoms with van der Waals surface area (Å²) in [6, 6.07) is 13.6. The number of nitrogens with zero attached hydrogens (tertiary/aromatic N) is 1. The van der Waals surface area contributed by atoms with E-state index in [1.54, 1.807) is 6.07 Å². The SMILES string of the molecule is O=C1CC(NC2Cc3ccccc3C2)C(=O)N1c1ccccc1F. The van der Waals surface area contributed by atoms with Gasteiger partial charge in [-0.2, -0.15) is 0 Å². The normalized spacial score (nSPS) is 20.7. The van der Waals surface area contributed by atoms with Gasteiger partial charge in [-0.05, 0) is 36.1 Å². The van der Waals surface area contributed by atoms with Crippen molar-refractivity contribution >= 4 is 17.5 Å². The molecule has 0 radical (unpaired) electrons. The Bertz CT molecular complexity index is 796. The second-order valence-corrected chi connectivity index (χ2v) is 6.32. The molecule has 2 amide bonds. The third-order valence-electron chi connectivity index (χ3n) is 4.73. The Morgan fingerprint density at radius 3 is 2.21 bits per heavy atom. The van der Waals surface area contributed by atoms with Crippen LogP contribution in [0.25, 0.3) is 0 Å². The molecule has 1 aliphatic carbocycles. The van der Waals surface area contributed by atoms with Crippen molar-refractivity contribution in [1.82, 2.24) is 5.32 Å². The van der Waals surface area contributed by atoms with Crippen LogP contribution in [0, 0.1) is 5.82 Å². The van der Waals surface area contributed by atoms with Gasteiger partial charge >= 0.3 is 0 Å². The zero-order valence-corrected chi connectivity index (χ0v) is 13.0. The predicted molar refractivity (Wildman–Crippen MR) is 88.1 cm³/mol. The number of amides is 2. The van der Waals surface area contributed by atoms with E-state index in [1.807, 2.05) is 12.1 Å². The van der Waals surface area contributed by atoms with Gasteiger partial charge in [0.25, 0.3) is 5.91 Å². The van der Waals surface area contributed by atoms with Crippen LogP contribution >= 0.6 is 0 Å². The Hall–Kier alpha value is -2.53. The molecule has 1 fully saturated rings. The largest absolute Gasteiger partial charge is 0.302 e. The molecule has 1 heterocycles. The number of hydrogen-bond acceptors (Lipinski definition) is 3. The highest BCUT2D eigenvalue weighted by Crippen LogP contribution is 2.27. The average molecular weight is 324 g/mol. The predicted octanol–water partition coefficient (Wildman–Crippen LogP) is 2.21. The number of anilines is 1. The second-order valence-electron chi connectivity index (χ2n) is 6.32. The van der Waals surface area contributed by atoms with Crippen LogP contribution < -0.4 is 10.2 Å². The van der Waals surface area contributed by atoms with Gasteiger partial charge in [-0.15, -0.1) is 0 Å².